The molecule has 4 heteroatoms. The third-order valence-corrected chi connectivity index (χ3v) is 1.61. The van der Waals surface area contributed by atoms with Crippen LogP contribution >= 0.6 is 10.5 Å². The summed E-state index contributed by atoms with van der Waals surface area (Å²) in [6, 6.07) is 0. The van der Waals surface area contributed by atoms with E-state index < -0.39 is 0 Å². The van der Waals surface area contributed by atoms with Crippen LogP contribution < -0.4 is 0 Å². The molecule has 0 saturated carbocycles. The first-order valence-electron chi connectivity index (χ1n) is 2.55. The number of aromatic amines is 1. The zero-order valence-electron chi connectivity index (χ0n) is 5.29. The van der Waals surface area contributed by atoms with Crippen LogP contribution in [0, 0.1) is 0 Å². The van der Waals surface area contributed by atoms with E-state index in [1.165, 1.54) is 6.33 Å². The summed E-state index contributed by atoms with van der Waals surface area (Å²) in [5.41, 5.74) is 0. The summed E-state index contributed by atoms with van der Waals surface area (Å²) in [5, 5.41) is 6.49. The Hall–Kier alpha value is -0.640. The molecule has 1 aromatic rings. The summed E-state index contributed by atoms with van der Waals surface area (Å²) in [7, 11) is 0.171. The van der Waals surface area contributed by atoms with Crippen molar-refractivity contribution in [1.29, 1.82) is 0 Å². The summed E-state index contributed by atoms with van der Waals surface area (Å²) >= 11 is 0. The Balaban J connectivity index is 2.58. The van der Waals surface area contributed by atoms with E-state index in [2.05, 4.69) is 27.3 Å². The van der Waals surface area contributed by atoms with Gasteiger partial charge in [0.05, 0.1) is 0 Å². The number of nitrogens with one attached hydrogen (secondary N) is 1. The average molecular weight is 143 g/mol. The van der Waals surface area contributed by atoms with E-state index in [0.29, 0.717) is 0 Å². The third kappa shape index (κ3) is 1.97. The van der Waals surface area contributed by atoms with Crippen molar-refractivity contribution in [1.82, 2.24) is 15.2 Å². The van der Waals surface area contributed by atoms with Gasteiger partial charge in [0.25, 0.3) is 0 Å². The lowest BCUT2D eigenvalue weighted by Crippen LogP contribution is -1.83. The molecule has 0 aliphatic carbocycles. The van der Waals surface area contributed by atoms with E-state index in [1.54, 1.807) is 0 Å². The third-order valence-electron chi connectivity index (χ3n) is 0.848. The second kappa shape index (κ2) is 2.77. The van der Waals surface area contributed by atoms with Crippen LogP contribution in [0.1, 0.15) is 5.82 Å². The summed E-state index contributed by atoms with van der Waals surface area (Å²) in [6.07, 6.45) is 3.59. The Morgan fingerprint density at radius 1 is 1.89 bits per heavy atom. The molecule has 0 fully saturated rings. The summed E-state index contributed by atoms with van der Waals surface area (Å²) < 4.78 is 0. The first-order valence-corrected chi connectivity index (χ1v) is 4.52. The first-order chi connectivity index (χ1) is 4.29. The van der Waals surface area contributed by atoms with Gasteiger partial charge in [0.2, 0.25) is 0 Å². The fourth-order valence-electron chi connectivity index (χ4n) is 0.534. The largest absolute Gasteiger partial charge is 0.263 e. The molecule has 0 bridgehead atoms. The summed E-state index contributed by atoms with van der Waals surface area (Å²) in [5.74, 6) is 5.68. The smallest absolute Gasteiger partial charge is 0.137 e. The number of nitrogens with zero attached hydrogens (tertiary/aromatic N) is 2. The quantitative estimate of drug-likeness (QED) is 0.617. The van der Waals surface area contributed by atoms with Gasteiger partial charge in [-0.05, 0) is 6.26 Å². The molecule has 50 valence electrons. The minimum Gasteiger partial charge on any atom is -0.263 e. The monoisotopic (exact) mass is 143 g/mol. The van der Waals surface area contributed by atoms with Crippen molar-refractivity contribution in [3.05, 3.63) is 12.2 Å². The number of rotatable bonds is 2. The topological polar surface area (TPSA) is 41.6 Å². The molecular weight excluding hydrogens is 134 g/mol. The highest BCUT2D eigenvalue weighted by molar-refractivity contribution is 8.12. The van der Waals surface area contributed by atoms with Gasteiger partial charge in [-0.1, -0.05) is 5.87 Å². The van der Waals surface area contributed by atoms with Crippen molar-refractivity contribution in [3.63, 3.8) is 0 Å². The Morgan fingerprint density at radius 2 is 2.67 bits per heavy atom. The second-order valence-corrected chi connectivity index (χ2v) is 3.71. The lowest BCUT2D eigenvalue weighted by Gasteiger charge is -1.92. The molecule has 0 amide bonds. The van der Waals surface area contributed by atoms with Gasteiger partial charge >= 0.3 is 0 Å². The highest BCUT2D eigenvalue weighted by atomic mass is 32.2. The molecule has 1 rings (SSSR count). The highest BCUT2D eigenvalue weighted by Crippen LogP contribution is 2.07. The van der Waals surface area contributed by atoms with E-state index in [1.807, 2.05) is 0 Å². The zero-order valence-corrected chi connectivity index (χ0v) is 6.11. The van der Waals surface area contributed by atoms with Crippen LogP contribution in [-0.2, 0) is 5.75 Å². The van der Waals surface area contributed by atoms with E-state index in [-0.39, 0.29) is 10.5 Å². The van der Waals surface area contributed by atoms with Gasteiger partial charge in [0, 0.05) is 5.75 Å². The van der Waals surface area contributed by atoms with Gasteiger partial charge in [-0.3, -0.25) is 5.10 Å². The molecule has 0 aromatic carbocycles. The zero-order chi connectivity index (χ0) is 6.69. The van der Waals surface area contributed by atoms with Gasteiger partial charge in [-0.2, -0.15) is 15.6 Å². The summed E-state index contributed by atoms with van der Waals surface area (Å²) in [6.45, 7) is 0. The second-order valence-electron chi connectivity index (χ2n) is 1.86. The minimum absolute atomic E-state index is 0.171. The van der Waals surface area contributed by atoms with Crippen molar-refractivity contribution in [2.24, 2.45) is 0 Å². The van der Waals surface area contributed by atoms with Gasteiger partial charge in [0.15, 0.2) is 0 Å². The lowest BCUT2D eigenvalue weighted by molar-refractivity contribution is 1.03. The Labute approximate surface area is 56.4 Å². The lowest BCUT2D eigenvalue weighted by atomic mass is 10.7. The molecule has 1 heterocycles. The number of H-pyrrole nitrogens is 1. The van der Waals surface area contributed by atoms with E-state index >= 15 is 0 Å². The predicted molar refractivity (Wildman–Crippen MR) is 40.7 cm³/mol. The van der Waals surface area contributed by atoms with Crippen molar-refractivity contribution in [2.75, 3.05) is 6.26 Å². The molecule has 0 aliphatic heterocycles. The van der Waals surface area contributed by atoms with E-state index in [4.69, 9.17) is 0 Å². The number of hydrogen-bond donors (Lipinski definition) is 1. The highest BCUT2D eigenvalue weighted by Gasteiger charge is 1.91. The molecule has 0 radical (unpaired) electrons. The fraction of sp³-hybridized carbons (Fsp3) is 0.400. The van der Waals surface area contributed by atoms with E-state index in [9.17, 15) is 0 Å². The Bertz CT molecular complexity index is 192. The maximum Gasteiger partial charge on any atom is 0.137 e. The minimum atomic E-state index is 0.171. The van der Waals surface area contributed by atoms with Crippen LogP contribution in [0.4, 0.5) is 0 Å². The SMILES string of the molecule is C=S(C)Cc1ncn[nH]1. The van der Waals surface area contributed by atoms with Crippen molar-refractivity contribution in [2.45, 2.75) is 5.75 Å². The normalized spacial score (nSPS) is 13.4. The molecule has 9 heavy (non-hydrogen) atoms. The molecule has 1 unspecified atom stereocenters. The van der Waals surface area contributed by atoms with Crippen molar-refractivity contribution >= 4 is 16.4 Å². The van der Waals surface area contributed by atoms with Crippen LogP contribution in [0.2, 0.25) is 0 Å². The molecule has 3 nitrogen and oxygen atoms in total. The van der Waals surface area contributed by atoms with Gasteiger partial charge in [-0.25, -0.2) is 4.98 Å². The van der Waals surface area contributed by atoms with Crippen LogP contribution in [0.3, 0.4) is 0 Å². The molecule has 1 N–H and O–H groups in total. The van der Waals surface area contributed by atoms with Crippen molar-refractivity contribution < 1.29 is 0 Å². The average Bonchev–Trinajstić information content (AvgIpc) is 2.15. The molecular formula is C5H9N3S. The first kappa shape index (κ1) is 6.48. The van der Waals surface area contributed by atoms with Crippen LogP contribution in [0.25, 0.3) is 0 Å². The molecule has 0 saturated heterocycles. The van der Waals surface area contributed by atoms with Crippen molar-refractivity contribution in [3.8, 4) is 0 Å². The van der Waals surface area contributed by atoms with Gasteiger partial charge in [-0.15, -0.1) is 0 Å². The molecule has 1 aromatic heterocycles. The molecule has 0 aliphatic rings. The fourth-order valence-corrected chi connectivity index (χ4v) is 1.14. The van der Waals surface area contributed by atoms with Gasteiger partial charge in [0.1, 0.15) is 12.2 Å². The maximum atomic E-state index is 3.96. The van der Waals surface area contributed by atoms with Crippen LogP contribution in [-0.4, -0.2) is 27.3 Å². The maximum absolute atomic E-state index is 3.96. The predicted octanol–water partition coefficient (Wildman–Crippen LogP) is 0.635. The Kier molecular flexibility index (Phi) is 2.00. The number of aromatic nitrogens is 3. The van der Waals surface area contributed by atoms with Crippen LogP contribution in [0.5, 0.6) is 0 Å². The van der Waals surface area contributed by atoms with Crippen LogP contribution in [0.15, 0.2) is 6.33 Å². The summed E-state index contributed by atoms with van der Waals surface area (Å²) in [4.78, 5) is 3.96. The standard InChI is InChI=1S/C5H9N3S/c1-9(2)3-5-6-4-7-8-5/h4H,1,3H2,2H3,(H,6,7,8). The number of hydrogen-bond acceptors (Lipinski definition) is 2. The Morgan fingerprint density at radius 3 is 3.11 bits per heavy atom. The van der Waals surface area contributed by atoms with Gasteiger partial charge < -0.3 is 0 Å². The van der Waals surface area contributed by atoms with E-state index in [0.717, 1.165) is 11.6 Å². The molecule has 1 atom stereocenters. The molecule has 0 spiro atoms.